The SMILES string of the molecule is C=C1OC[C@H](CO)N1C(=O)OC(C)(C)C. The van der Waals surface area contributed by atoms with E-state index >= 15 is 0 Å². The van der Waals surface area contributed by atoms with Crippen molar-refractivity contribution >= 4 is 6.09 Å². The van der Waals surface area contributed by atoms with Crippen LogP contribution in [0.1, 0.15) is 20.8 Å². The molecule has 1 atom stereocenters. The molecule has 0 aromatic rings. The molecule has 1 saturated heterocycles. The lowest BCUT2D eigenvalue weighted by Crippen LogP contribution is -2.41. The van der Waals surface area contributed by atoms with Gasteiger partial charge in [0.05, 0.1) is 6.61 Å². The molecule has 1 fully saturated rings. The van der Waals surface area contributed by atoms with Gasteiger partial charge in [-0.25, -0.2) is 9.69 Å². The predicted molar refractivity (Wildman–Crippen MR) is 54.0 cm³/mol. The van der Waals surface area contributed by atoms with E-state index in [1.165, 1.54) is 4.90 Å². The summed E-state index contributed by atoms with van der Waals surface area (Å²) in [6, 6.07) is -0.396. The summed E-state index contributed by atoms with van der Waals surface area (Å²) in [7, 11) is 0. The van der Waals surface area contributed by atoms with Crippen LogP contribution in [-0.4, -0.2) is 41.0 Å². The van der Waals surface area contributed by atoms with Crippen molar-refractivity contribution in [1.82, 2.24) is 4.90 Å². The second-order valence-corrected chi connectivity index (χ2v) is 4.39. The molecule has 0 bridgehead atoms. The molecule has 1 N–H and O–H groups in total. The Morgan fingerprint density at radius 1 is 1.73 bits per heavy atom. The fraction of sp³-hybridized carbons (Fsp3) is 0.700. The second-order valence-electron chi connectivity index (χ2n) is 4.39. The maximum Gasteiger partial charge on any atom is 0.417 e. The summed E-state index contributed by atoms with van der Waals surface area (Å²) in [5, 5.41) is 9.03. The molecule has 5 nitrogen and oxygen atoms in total. The van der Waals surface area contributed by atoms with Crippen molar-refractivity contribution < 1.29 is 19.4 Å². The number of nitrogens with zero attached hydrogens (tertiary/aromatic N) is 1. The van der Waals surface area contributed by atoms with Crippen molar-refractivity contribution in [3.05, 3.63) is 12.5 Å². The summed E-state index contributed by atoms with van der Waals surface area (Å²) in [6.45, 7) is 9.00. The number of aliphatic hydroxyl groups excluding tert-OH is 1. The fourth-order valence-electron chi connectivity index (χ4n) is 1.24. The number of hydrogen-bond donors (Lipinski definition) is 1. The third kappa shape index (κ3) is 2.86. The van der Waals surface area contributed by atoms with Gasteiger partial charge in [0.2, 0.25) is 0 Å². The lowest BCUT2D eigenvalue weighted by Gasteiger charge is -2.26. The average Bonchev–Trinajstić information content (AvgIpc) is 2.43. The van der Waals surface area contributed by atoms with Gasteiger partial charge in [-0.15, -0.1) is 0 Å². The average molecular weight is 215 g/mol. The zero-order chi connectivity index (χ0) is 11.6. The highest BCUT2D eigenvalue weighted by Crippen LogP contribution is 2.21. The Bertz CT molecular complexity index is 269. The molecule has 0 aromatic heterocycles. The van der Waals surface area contributed by atoms with Crippen LogP contribution in [0.3, 0.4) is 0 Å². The first kappa shape index (κ1) is 11.8. The van der Waals surface area contributed by atoms with Gasteiger partial charge in [0.25, 0.3) is 0 Å². The van der Waals surface area contributed by atoms with Crippen LogP contribution in [0.2, 0.25) is 0 Å². The van der Waals surface area contributed by atoms with Gasteiger partial charge in [-0.2, -0.15) is 0 Å². The first-order chi connectivity index (χ1) is 6.85. The molecule has 1 heterocycles. The molecule has 0 aliphatic carbocycles. The van der Waals surface area contributed by atoms with Crippen molar-refractivity contribution in [3.8, 4) is 0 Å². The molecule has 5 heteroatoms. The van der Waals surface area contributed by atoms with Crippen LogP contribution in [0.4, 0.5) is 4.79 Å². The monoisotopic (exact) mass is 215 g/mol. The maximum absolute atomic E-state index is 11.7. The van der Waals surface area contributed by atoms with Crippen molar-refractivity contribution in [2.75, 3.05) is 13.2 Å². The fourth-order valence-corrected chi connectivity index (χ4v) is 1.24. The largest absolute Gasteiger partial charge is 0.477 e. The lowest BCUT2D eigenvalue weighted by molar-refractivity contribution is 0.0230. The summed E-state index contributed by atoms with van der Waals surface area (Å²) in [5.41, 5.74) is -0.569. The minimum atomic E-state index is -0.569. The summed E-state index contributed by atoms with van der Waals surface area (Å²) < 4.78 is 10.2. The third-order valence-corrected chi connectivity index (χ3v) is 1.88. The number of carbonyl (C=O) groups excluding carboxylic acids is 1. The molecule has 0 unspecified atom stereocenters. The first-order valence-corrected chi connectivity index (χ1v) is 4.80. The molecule has 1 aliphatic rings. The van der Waals surface area contributed by atoms with Crippen LogP contribution in [0.5, 0.6) is 0 Å². The normalized spacial score (nSPS) is 21.5. The van der Waals surface area contributed by atoms with Crippen LogP contribution >= 0.6 is 0 Å². The highest BCUT2D eigenvalue weighted by Gasteiger charge is 2.36. The zero-order valence-corrected chi connectivity index (χ0v) is 9.32. The van der Waals surface area contributed by atoms with Crippen LogP contribution < -0.4 is 0 Å². The second kappa shape index (κ2) is 4.10. The molecule has 0 aromatic carbocycles. The minimum Gasteiger partial charge on any atom is -0.477 e. The first-order valence-electron chi connectivity index (χ1n) is 4.80. The molecule has 0 saturated carbocycles. The Kier molecular flexibility index (Phi) is 3.24. The summed E-state index contributed by atoms with van der Waals surface area (Å²) in [4.78, 5) is 12.9. The van der Waals surface area contributed by atoms with E-state index < -0.39 is 17.7 Å². The van der Waals surface area contributed by atoms with E-state index in [4.69, 9.17) is 14.6 Å². The highest BCUT2D eigenvalue weighted by atomic mass is 16.6. The maximum atomic E-state index is 11.7. The van der Waals surface area contributed by atoms with Crippen LogP contribution in [0.15, 0.2) is 12.5 Å². The van der Waals surface area contributed by atoms with Crippen molar-refractivity contribution in [1.29, 1.82) is 0 Å². The molecular formula is C10H17NO4. The molecule has 0 radical (unpaired) electrons. The molecule has 1 amide bonds. The third-order valence-electron chi connectivity index (χ3n) is 1.88. The quantitative estimate of drug-likeness (QED) is 0.711. The lowest BCUT2D eigenvalue weighted by atomic mass is 10.2. The Balaban J connectivity index is 2.69. The number of aliphatic hydroxyl groups is 1. The van der Waals surface area contributed by atoms with Crippen LogP contribution in [0.25, 0.3) is 0 Å². The van der Waals surface area contributed by atoms with E-state index in [1.807, 2.05) is 0 Å². The number of rotatable bonds is 1. The van der Waals surface area contributed by atoms with Gasteiger partial charge < -0.3 is 14.6 Å². The Morgan fingerprint density at radius 3 is 2.80 bits per heavy atom. The smallest absolute Gasteiger partial charge is 0.417 e. The van der Waals surface area contributed by atoms with Gasteiger partial charge >= 0.3 is 6.09 Å². The van der Waals surface area contributed by atoms with Gasteiger partial charge in [-0.3, -0.25) is 0 Å². The Hall–Kier alpha value is -1.23. The topological polar surface area (TPSA) is 59.0 Å². The van der Waals surface area contributed by atoms with Gasteiger partial charge in [-0.05, 0) is 27.4 Å². The Morgan fingerprint density at radius 2 is 2.33 bits per heavy atom. The van der Waals surface area contributed by atoms with Crippen molar-refractivity contribution in [3.63, 3.8) is 0 Å². The van der Waals surface area contributed by atoms with Gasteiger partial charge in [0.1, 0.15) is 18.2 Å². The van der Waals surface area contributed by atoms with E-state index in [0.717, 1.165) is 0 Å². The summed E-state index contributed by atoms with van der Waals surface area (Å²) >= 11 is 0. The van der Waals surface area contributed by atoms with Crippen molar-refractivity contribution in [2.45, 2.75) is 32.4 Å². The molecular weight excluding hydrogens is 198 g/mol. The van der Waals surface area contributed by atoms with Crippen LogP contribution in [0, 0.1) is 0 Å². The standard InChI is InChI=1S/C10H17NO4/c1-7-11(8(5-12)6-14-7)9(13)15-10(2,3)4/h8,12H,1,5-6H2,2-4H3/t8-/m0/s1. The van der Waals surface area contributed by atoms with Crippen molar-refractivity contribution in [2.24, 2.45) is 0 Å². The summed E-state index contributed by atoms with van der Waals surface area (Å²) in [6.07, 6.45) is -0.538. The molecule has 0 spiro atoms. The highest BCUT2D eigenvalue weighted by molar-refractivity contribution is 5.70. The Labute approximate surface area is 89.3 Å². The minimum absolute atomic E-state index is 0.168. The van der Waals surface area contributed by atoms with E-state index in [-0.39, 0.29) is 19.1 Å². The van der Waals surface area contributed by atoms with E-state index in [1.54, 1.807) is 20.8 Å². The predicted octanol–water partition coefficient (Wildman–Crippen LogP) is 1.09. The zero-order valence-electron chi connectivity index (χ0n) is 9.32. The number of hydrogen-bond acceptors (Lipinski definition) is 4. The molecule has 1 rings (SSSR count). The van der Waals surface area contributed by atoms with Crippen LogP contribution in [-0.2, 0) is 9.47 Å². The molecule has 86 valence electrons. The van der Waals surface area contributed by atoms with E-state index in [0.29, 0.717) is 0 Å². The van der Waals surface area contributed by atoms with Gasteiger partial charge in [-0.1, -0.05) is 0 Å². The number of amides is 1. The summed E-state index contributed by atoms with van der Waals surface area (Å²) in [5.74, 6) is 0.225. The molecule has 1 aliphatic heterocycles. The number of ether oxygens (including phenoxy) is 2. The van der Waals surface area contributed by atoms with Gasteiger partial charge in [0, 0.05) is 0 Å². The van der Waals surface area contributed by atoms with E-state index in [9.17, 15) is 4.79 Å². The molecule has 15 heavy (non-hydrogen) atoms. The van der Waals surface area contributed by atoms with E-state index in [2.05, 4.69) is 6.58 Å². The number of carbonyl (C=O) groups is 1. The van der Waals surface area contributed by atoms with Gasteiger partial charge in [0.15, 0.2) is 5.88 Å².